The number of aromatic amines is 1. The van der Waals surface area contributed by atoms with E-state index in [0.717, 1.165) is 5.52 Å². The van der Waals surface area contributed by atoms with Gasteiger partial charge < -0.3 is 24.3 Å². The molecule has 1 aliphatic heterocycles. The number of anilines is 2. The van der Waals surface area contributed by atoms with Crippen LogP contribution < -0.4 is 20.1 Å². The molecular formula is C20H23F2N5O3. The van der Waals surface area contributed by atoms with Crippen LogP contribution in [0.3, 0.4) is 0 Å². The summed E-state index contributed by atoms with van der Waals surface area (Å²) < 4.78 is 41.0. The molecular weight excluding hydrogens is 396 g/mol. The number of aryl methyl sites for hydroxylation is 1. The van der Waals surface area contributed by atoms with Crippen molar-refractivity contribution < 1.29 is 18.3 Å². The average Bonchev–Trinajstić information content (AvgIpc) is 3.10. The van der Waals surface area contributed by atoms with Gasteiger partial charge in [-0.05, 0) is 0 Å². The largest absolute Gasteiger partial charge is 0.491 e. The van der Waals surface area contributed by atoms with Crippen LogP contribution in [0.4, 0.5) is 20.3 Å². The SMILES string of the molecule is COCCOc1cc(F)c(N2CCN(c3cc4c(cnn4C)c(=O)[nH]3)CC2)c(F)c1. The molecule has 3 aromatic rings. The molecule has 4 rings (SSSR count). The minimum atomic E-state index is -0.666. The third kappa shape index (κ3) is 3.82. The molecule has 3 heterocycles. The topological polar surface area (TPSA) is 75.6 Å². The maximum absolute atomic E-state index is 14.6. The maximum atomic E-state index is 14.6. The molecule has 0 radical (unpaired) electrons. The summed E-state index contributed by atoms with van der Waals surface area (Å²) >= 11 is 0. The summed E-state index contributed by atoms with van der Waals surface area (Å²) in [7, 11) is 3.30. The van der Waals surface area contributed by atoms with E-state index in [0.29, 0.717) is 44.0 Å². The summed E-state index contributed by atoms with van der Waals surface area (Å²) in [6, 6.07) is 4.25. The minimum absolute atomic E-state index is 0.0654. The molecule has 0 aliphatic carbocycles. The molecule has 30 heavy (non-hydrogen) atoms. The van der Waals surface area contributed by atoms with Crippen molar-refractivity contribution in [2.24, 2.45) is 7.05 Å². The lowest BCUT2D eigenvalue weighted by atomic mass is 10.2. The number of benzene rings is 1. The van der Waals surface area contributed by atoms with Crippen LogP contribution >= 0.6 is 0 Å². The van der Waals surface area contributed by atoms with E-state index < -0.39 is 11.6 Å². The number of fused-ring (bicyclic) bond motifs is 1. The summed E-state index contributed by atoms with van der Waals surface area (Å²) in [5, 5.41) is 4.64. The number of nitrogens with zero attached hydrogens (tertiary/aromatic N) is 4. The first-order valence-corrected chi connectivity index (χ1v) is 9.63. The highest BCUT2D eigenvalue weighted by Gasteiger charge is 2.24. The highest BCUT2D eigenvalue weighted by Crippen LogP contribution is 2.29. The third-order valence-corrected chi connectivity index (χ3v) is 5.23. The zero-order valence-electron chi connectivity index (χ0n) is 16.8. The van der Waals surface area contributed by atoms with Gasteiger partial charge in [0.1, 0.15) is 23.9 Å². The lowest BCUT2D eigenvalue weighted by Crippen LogP contribution is -2.47. The summed E-state index contributed by atoms with van der Waals surface area (Å²) in [6.07, 6.45) is 1.53. The van der Waals surface area contributed by atoms with Gasteiger partial charge in [-0.1, -0.05) is 0 Å². The predicted molar refractivity (Wildman–Crippen MR) is 109 cm³/mol. The highest BCUT2D eigenvalue weighted by molar-refractivity contribution is 5.80. The number of hydrogen-bond acceptors (Lipinski definition) is 6. The van der Waals surface area contributed by atoms with Crippen LogP contribution in [0.2, 0.25) is 0 Å². The number of methoxy groups -OCH3 is 1. The molecule has 1 saturated heterocycles. The van der Waals surface area contributed by atoms with Crippen LogP contribution in [0.5, 0.6) is 5.75 Å². The van der Waals surface area contributed by atoms with Crippen molar-refractivity contribution in [3.8, 4) is 5.75 Å². The molecule has 10 heteroatoms. The Bertz CT molecular complexity index is 1080. The van der Waals surface area contributed by atoms with Crippen LogP contribution in [0.1, 0.15) is 0 Å². The van der Waals surface area contributed by atoms with Crippen molar-refractivity contribution in [1.29, 1.82) is 0 Å². The van der Waals surface area contributed by atoms with Crippen molar-refractivity contribution in [2.45, 2.75) is 0 Å². The van der Waals surface area contributed by atoms with E-state index in [1.165, 1.54) is 25.4 Å². The Morgan fingerprint density at radius 2 is 1.73 bits per heavy atom. The average molecular weight is 419 g/mol. The molecule has 2 aromatic heterocycles. The number of rotatable bonds is 6. The number of piperazine rings is 1. The second-order valence-electron chi connectivity index (χ2n) is 7.10. The Kier molecular flexibility index (Phi) is 5.58. The lowest BCUT2D eigenvalue weighted by molar-refractivity contribution is 0.146. The molecule has 8 nitrogen and oxygen atoms in total. The lowest BCUT2D eigenvalue weighted by Gasteiger charge is -2.37. The molecule has 0 amide bonds. The number of halogens is 2. The fourth-order valence-corrected chi connectivity index (χ4v) is 3.65. The monoisotopic (exact) mass is 419 g/mol. The number of H-pyrrole nitrogens is 1. The van der Waals surface area contributed by atoms with E-state index in [2.05, 4.69) is 10.1 Å². The fraction of sp³-hybridized carbons (Fsp3) is 0.400. The first-order valence-electron chi connectivity index (χ1n) is 9.63. The molecule has 1 fully saturated rings. The van der Waals surface area contributed by atoms with Crippen molar-refractivity contribution in [3.05, 3.63) is 46.4 Å². The quantitative estimate of drug-likeness (QED) is 0.615. The van der Waals surface area contributed by atoms with Crippen molar-refractivity contribution in [2.75, 3.05) is 56.3 Å². The summed E-state index contributed by atoms with van der Waals surface area (Å²) in [6.45, 7) is 2.37. The second kappa shape index (κ2) is 8.31. The van der Waals surface area contributed by atoms with Gasteiger partial charge in [-0.15, -0.1) is 0 Å². The van der Waals surface area contributed by atoms with Gasteiger partial charge >= 0.3 is 0 Å². The Labute approximate surface area is 171 Å². The highest BCUT2D eigenvalue weighted by atomic mass is 19.1. The standard InChI is InChI=1S/C20H23F2N5O3/c1-25-17-11-18(24-20(28)14(17)12-23-25)26-3-5-27(6-4-26)19-15(21)9-13(10-16(19)22)30-8-7-29-2/h9-12H,3-8H2,1-2H3,(H,24,28). The molecule has 0 unspecified atom stereocenters. The van der Waals surface area contributed by atoms with Gasteiger partial charge in [0.15, 0.2) is 11.6 Å². The first kappa shape index (κ1) is 20.1. The molecule has 0 saturated carbocycles. The Morgan fingerprint density at radius 3 is 2.40 bits per heavy atom. The van der Waals surface area contributed by atoms with E-state index in [-0.39, 0.29) is 23.6 Å². The number of hydrogen-bond donors (Lipinski definition) is 1. The van der Waals surface area contributed by atoms with Gasteiger partial charge in [0.2, 0.25) is 0 Å². The van der Waals surface area contributed by atoms with E-state index in [1.807, 2.05) is 11.0 Å². The Morgan fingerprint density at radius 1 is 1.07 bits per heavy atom. The molecule has 1 N–H and O–H groups in total. The minimum Gasteiger partial charge on any atom is -0.491 e. The maximum Gasteiger partial charge on any atom is 0.260 e. The van der Waals surface area contributed by atoms with Crippen LogP contribution in [0, 0.1) is 11.6 Å². The van der Waals surface area contributed by atoms with Crippen LogP contribution in [0.25, 0.3) is 10.9 Å². The molecule has 1 aromatic carbocycles. The van der Waals surface area contributed by atoms with Gasteiger partial charge in [0.05, 0.1) is 23.7 Å². The number of ether oxygens (including phenoxy) is 2. The Hall–Kier alpha value is -3.14. The zero-order chi connectivity index (χ0) is 21.3. The fourth-order valence-electron chi connectivity index (χ4n) is 3.65. The van der Waals surface area contributed by atoms with Gasteiger partial charge in [-0.3, -0.25) is 9.48 Å². The summed E-state index contributed by atoms with van der Waals surface area (Å²) in [5.41, 5.74) is 0.459. The smallest absolute Gasteiger partial charge is 0.260 e. The van der Waals surface area contributed by atoms with Gasteiger partial charge in [0, 0.05) is 58.5 Å². The molecule has 0 bridgehead atoms. The van der Waals surface area contributed by atoms with Crippen LogP contribution in [0.15, 0.2) is 29.2 Å². The van der Waals surface area contributed by atoms with Gasteiger partial charge in [-0.25, -0.2) is 8.78 Å². The number of aromatic nitrogens is 3. The summed E-state index contributed by atoms with van der Waals surface area (Å²) in [5.74, 6) is -0.536. The van der Waals surface area contributed by atoms with Gasteiger partial charge in [-0.2, -0.15) is 5.10 Å². The molecule has 0 spiro atoms. The van der Waals surface area contributed by atoms with E-state index in [4.69, 9.17) is 9.47 Å². The van der Waals surface area contributed by atoms with E-state index in [9.17, 15) is 13.6 Å². The van der Waals surface area contributed by atoms with E-state index in [1.54, 1.807) is 16.6 Å². The molecule has 1 aliphatic rings. The van der Waals surface area contributed by atoms with E-state index >= 15 is 0 Å². The third-order valence-electron chi connectivity index (χ3n) is 5.23. The predicted octanol–water partition coefficient (Wildman–Crippen LogP) is 1.89. The van der Waals surface area contributed by atoms with Gasteiger partial charge in [0.25, 0.3) is 5.56 Å². The van der Waals surface area contributed by atoms with Crippen LogP contribution in [-0.4, -0.2) is 61.3 Å². The molecule has 0 atom stereocenters. The van der Waals surface area contributed by atoms with Crippen LogP contribution in [-0.2, 0) is 11.8 Å². The number of nitrogens with one attached hydrogen (secondary N) is 1. The van der Waals surface area contributed by atoms with Crippen molar-refractivity contribution in [3.63, 3.8) is 0 Å². The number of pyridine rings is 1. The normalized spacial score (nSPS) is 14.5. The zero-order valence-corrected chi connectivity index (χ0v) is 16.8. The summed E-state index contributed by atoms with van der Waals surface area (Å²) in [4.78, 5) is 18.8. The molecule has 160 valence electrons. The first-order chi connectivity index (χ1) is 14.5. The van der Waals surface area contributed by atoms with Crippen molar-refractivity contribution >= 4 is 22.4 Å². The van der Waals surface area contributed by atoms with Crippen molar-refractivity contribution in [1.82, 2.24) is 14.8 Å². The second-order valence-corrected chi connectivity index (χ2v) is 7.10. The Balaban J connectivity index is 1.48.